The molecule has 1 N–H and O–H groups in total. The fourth-order valence-corrected chi connectivity index (χ4v) is 2.97. The summed E-state index contributed by atoms with van der Waals surface area (Å²) in [6, 6.07) is 9.54. The number of carbonyl (C=O) groups excluding carboxylic acids is 2. The van der Waals surface area contributed by atoms with Crippen LogP contribution in [0.3, 0.4) is 0 Å². The zero-order valence-corrected chi connectivity index (χ0v) is 14.1. The molecule has 8 heteroatoms. The number of carbonyl (C=O) groups is 2. The van der Waals surface area contributed by atoms with Crippen LogP contribution >= 0.6 is 15.9 Å². The number of para-hydroxylation sites is 1. The topological polar surface area (TPSA) is 55.4 Å². The molecular formula is C17H11BrF3NO3. The highest BCUT2D eigenvalue weighted by Crippen LogP contribution is 2.35. The Morgan fingerprint density at radius 3 is 2.64 bits per heavy atom. The van der Waals surface area contributed by atoms with Gasteiger partial charge in [0.05, 0.1) is 16.8 Å². The number of nitrogens with one attached hydrogen (secondary N) is 1. The number of fused-ring (bicyclic) bond motifs is 1. The Labute approximate surface area is 149 Å². The average Bonchev–Trinajstić information content (AvgIpc) is 2.53. The van der Waals surface area contributed by atoms with E-state index in [4.69, 9.17) is 4.74 Å². The molecule has 130 valence electrons. The second-order valence-electron chi connectivity index (χ2n) is 5.43. The standard InChI is InChI=1S/C17H11BrF3NO3/c18-10-5-6-11-9(7-10)8-14(25-16(11)24)15(23)22-13-4-2-1-3-12(13)17(19,20)21/h1-7,14H,8H2,(H,22,23). The van der Waals surface area contributed by atoms with E-state index in [2.05, 4.69) is 21.2 Å². The summed E-state index contributed by atoms with van der Waals surface area (Å²) in [4.78, 5) is 24.3. The van der Waals surface area contributed by atoms with Gasteiger partial charge in [-0.15, -0.1) is 0 Å². The van der Waals surface area contributed by atoms with Gasteiger partial charge in [-0.05, 0) is 35.9 Å². The molecule has 1 amide bonds. The van der Waals surface area contributed by atoms with Crippen LogP contribution in [0, 0.1) is 0 Å². The molecule has 25 heavy (non-hydrogen) atoms. The third-order valence-corrected chi connectivity index (χ3v) is 4.22. The van der Waals surface area contributed by atoms with Crippen LogP contribution in [0.4, 0.5) is 18.9 Å². The van der Waals surface area contributed by atoms with Gasteiger partial charge in [0.1, 0.15) is 0 Å². The molecule has 2 aromatic rings. The van der Waals surface area contributed by atoms with Crippen LogP contribution in [-0.2, 0) is 22.1 Å². The predicted molar refractivity (Wildman–Crippen MR) is 87.1 cm³/mol. The molecule has 0 bridgehead atoms. The minimum atomic E-state index is -4.61. The third-order valence-electron chi connectivity index (χ3n) is 3.72. The highest BCUT2D eigenvalue weighted by molar-refractivity contribution is 9.10. The number of rotatable bonds is 2. The summed E-state index contributed by atoms with van der Waals surface area (Å²) in [6.45, 7) is 0. The Morgan fingerprint density at radius 2 is 1.92 bits per heavy atom. The second kappa shape index (κ2) is 6.51. The molecule has 0 saturated heterocycles. The zero-order valence-electron chi connectivity index (χ0n) is 12.6. The number of esters is 1. The van der Waals surface area contributed by atoms with E-state index in [0.29, 0.717) is 11.1 Å². The van der Waals surface area contributed by atoms with Crippen LogP contribution in [0.2, 0.25) is 0 Å². The van der Waals surface area contributed by atoms with Crippen molar-refractivity contribution in [2.24, 2.45) is 0 Å². The summed E-state index contributed by atoms with van der Waals surface area (Å²) < 4.78 is 44.8. The number of hydrogen-bond acceptors (Lipinski definition) is 3. The minimum Gasteiger partial charge on any atom is -0.448 e. The van der Waals surface area contributed by atoms with Gasteiger partial charge in [-0.1, -0.05) is 28.1 Å². The van der Waals surface area contributed by atoms with Crippen molar-refractivity contribution in [1.82, 2.24) is 0 Å². The third kappa shape index (κ3) is 3.68. The quantitative estimate of drug-likeness (QED) is 0.751. The number of cyclic esters (lactones) is 1. The number of amides is 1. The maximum absolute atomic E-state index is 13.0. The number of halogens is 4. The molecule has 4 nitrogen and oxygen atoms in total. The van der Waals surface area contributed by atoms with E-state index in [1.165, 1.54) is 12.1 Å². The van der Waals surface area contributed by atoms with E-state index in [0.717, 1.165) is 16.6 Å². The first-order chi connectivity index (χ1) is 11.8. The Morgan fingerprint density at radius 1 is 1.20 bits per heavy atom. The molecule has 0 spiro atoms. The van der Waals surface area contributed by atoms with Crippen LogP contribution in [0.15, 0.2) is 46.9 Å². The van der Waals surface area contributed by atoms with Crippen molar-refractivity contribution < 1.29 is 27.5 Å². The molecule has 2 aromatic carbocycles. The molecule has 0 radical (unpaired) electrons. The summed E-state index contributed by atoms with van der Waals surface area (Å²) in [5.41, 5.74) is -0.414. The van der Waals surface area contributed by atoms with Gasteiger partial charge in [0.2, 0.25) is 0 Å². The second-order valence-corrected chi connectivity index (χ2v) is 6.35. The molecule has 0 aliphatic carbocycles. The highest BCUT2D eigenvalue weighted by atomic mass is 79.9. The molecule has 1 heterocycles. The van der Waals surface area contributed by atoms with E-state index in [1.807, 2.05) is 0 Å². The maximum Gasteiger partial charge on any atom is 0.418 e. The van der Waals surface area contributed by atoms with Gasteiger partial charge >= 0.3 is 12.1 Å². The van der Waals surface area contributed by atoms with E-state index >= 15 is 0 Å². The molecular weight excluding hydrogens is 403 g/mol. The van der Waals surface area contributed by atoms with Crippen molar-refractivity contribution in [3.05, 3.63) is 63.6 Å². The number of benzene rings is 2. The molecule has 1 unspecified atom stereocenters. The van der Waals surface area contributed by atoms with Crippen LogP contribution in [0.5, 0.6) is 0 Å². The lowest BCUT2D eigenvalue weighted by Crippen LogP contribution is -2.38. The number of alkyl halides is 3. The largest absolute Gasteiger partial charge is 0.448 e. The van der Waals surface area contributed by atoms with Crippen LogP contribution in [0.1, 0.15) is 21.5 Å². The smallest absolute Gasteiger partial charge is 0.418 e. The molecule has 0 aromatic heterocycles. The summed E-state index contributed by atoms with van der Waals surface area (Å²) in [5.74, 6) is -1.49. The van der Waals surface area contributed by atoms with Gasteiger partial charge in [-0.3, -0.25) is 4.79 Å². The minimum absolute atomic E-state index is 0.0839. The summed E-state index contributed by atoms with van der Waals surface area (Å²) in [5, 5.41) is 2.20. The van der Waals surface area contributed by atoms with Crippen molar-refractivity contribution in [2.45, 2.75) is 18.7 Å². The van der Waals surface area contributed by atoms with Gasteiger partial charge in [0, 0.05) is 10.9 Å². The van der Waals surface area contributed by atoms with Crippen molar-refractivity contribution >= 4 is 33.5 Å². The fraction of sp³-hybridized carbons (Fsp3) is 0.176. The Kier molecular flexibility index (Phi) is 4.55. The monoisotopic (exact) mass is 413 g/mol. The average molecular weight is 414 g/mol. The lowest BCUT2D eigenvalue weighted by molar-refractivity contribution is -0.137. The SMILES string of the molecule is O=C1OC(C(=O)Nc2ccccc2C(F)(F)F)Cc2cc(Br)ccc21. The fourth-order valence-electron chi connectivity index (χ4n) is 2.56. The Hall–Kier alpha value is -2.35. The summed E-state index contributed by atoms with van der Waals surface area (Å²) >= 11 is 3.27. The van der Waals surface area contributed by atoms with E-state index in [-0.39, 0.29) is 12.1 Å². The van der Waals surface area contributed by atoms with Gasteiger partial charge in [0.25, 0.3) is 5.91 Å². The van der Waals surface area contributed by atoms with Gasteiger partial charge in [0.15, 0.2) is 6.10 Å². The van der Waals surface area contributed by atoms with Crippen molar-refractivity contribution in [2.75, 3.05) is 5.32 Å². The molecule has 0 fully saturated rings. The molecule has 1 atom stereocenters. The summed E-state index contributed by atoms with van der Waals surface area (Å²) in [7, 11) is 0. The maximum atomic E-state index is 13.0. The van der Waals surface area contributed by atoms with Crippen LogP contribution in [0.25, 0.3) is 0 Å². The van der Waals surface area contributed by atoms with E-state index in [9.17, 15) is 22.8 Å². The lowest BCUT2D eigenvalue weighted by atomic mass is 9.98. The first kappa shape index (κ1) is 17.5. The first-order valence-corrected chi connectivity index (χ1v) is 8.01. The first-order valence-electron chi connectivity index (χ1n) is 7.22. The molecule has 1 aliphatic rings. The Balaban J connectivity index is 1.83. The predicted octanol–water partition coefficient (Wildman–Crippen LogP) is 4.19. The molecule has 0 saturated carbocycles. The van der Waals surface area contributed by atoms with E-state index in [1.54, 1.807) is 18.2 Å². The summed E-state index contributed by atoms with van der Waals surface area (Å²) in [6.07, 6.45) is -5.72. The van der Waals surface area contributed by atoms with Gasteiger partial charge in [-0.25, -0.2) is 4.79 Å². The van der Waals surface area contributed by atoms with Crippen molar-refractivity contribution in [1.29, 1.82) is 0 Å². The number of anilines is 1. The van der Waals surface area contributed by atoms with Crippen molar-refractivity contribution in [3.8, 4) is 0 Å². The zero-order chi connectivity index (χ0) is 18.2. The number of hydrogen-bond donors (Lipinski definition) is 1. The van der Waals surface area contributed by atoms with Crippen LogP contribution < -0.4 is 5.32 Å². The van der Waals surface area contributed by atoms with E-state index < -0.39 is 29.7 Å². The number of ether oxygens (including phenoxy) is 1. The molecule has 3 rings (SSSR count). The van der Waals surface area contributed by atoms with Crippen molar-refractivity contribution in [3.63, 3.8) is 0 Å². The Bertz CT molecular complexity index is 851. The highest BCUT2D eigenvalue weighted by Gasteiger charge is 2.36. The van der Waals surface area contributed by atoms with Gasteiger partial charge in [-0.2, -0.15) is 13.2 Å². The van der Waals surface area contributed by atoms with Gasteiger partial charge < -0.3 is 10.1 Å². The van der Waals surface area contributed by atoms with Crippen LogP contribution in [-0.4, -0.2) is 18.0 Å². The normalized spacial score (nSPS) is 16.8. The molecule has 1 aliphatic heterocycles. The lowest BCUT2D eigenvalue weighted by Gasteiger charge is -2.24.